The second-order valence-electron chi connectivity index (χ2n) is 6.36. The van der Waals surface area contributed by atoms with Crippen molar-refractivity contribution in [3.05, 3.63) is 71.2 Å². The van der Waals surface area contributed by atoms with E-state index in [-0.39, 0.29) is 11.7 Å². The number of carbonyl (C=O) groups excluding carboxylic acids is 1. The van der Waals surface area contributed by atoms with Gasteiger partial charge in [0.1, 0.15) is 16.9 Å². The van der Waals surface area contributed by atoms with Gasteiger partial charge in [-0.05, 0) is 36.2 Å². The topological polar surface area (TPSA) is 72.7 Å². The summed E-state index contributed by atoms with van der Waals surface area (Å²) in [5, 5.41) is 12.1. The van der Waals surface area contributed by atoms with Crippen molar-refractivity contribution in [2.24, 2.45) is 0 Å². The maximum atomic E-state index is 13.3. The van der Waals surface area contributed by atoms with Crippen LogP contribution in [0.15, 0.2) is 54.9 Å². The zero-order valence-corrected chi connectivity index (χ0v) is 16.0. The number of hydrogen-bond acceptors (Lipinski definition) is 5. The predicted octanol–water partition coefficient (Wildman–Crippen LogP) is 4.21. The van der Waals surface area contributed by atoms with Crippen LogP contribution in [0.25, 0.3) is 11.0 Å². The van der Waals surface area contributed by atoms with Crippen molar-refractivity contribution in [2.75, 3.05) is 5.32 Å². The number of imidazole rings is 1. The lowest BCUT2D eigenvalue weighted by Gasteiger charge is -2.16. The SMILES string of the molecule is CC[C@@H](C(=O)Nc1nnc(Cc2cccc(F)c2)s1)n1cnc2ccccc21. The number of hydrogen-bond donors (Lipinski definition) is 1. The summed E-state index contributed by atoms with van der Waals surface area (Å²) in [6.07, 6.45) is 2.77. The van der Waals surface area contributed by atoms with Crippen LogP contribution in [0.2, 0.25) is 0 Å². The molecule has 0 bridgehead atoms. The maximum Gasteiger partial charge on any atom is 0.249 e. The molecule has 0 unspecified atom stereocenters. The van der Waals surface area contributed by atoms with Gasteiger partial charge in [-0.3, -0.25) is 10.1 Å². The van der Waals surface area contributed by atoms with E-state index in [9.17, 15) is 9.18 Å². The third-order valence-corrected chi connectivity index (χ3v) is 5.29. The summed E-state index contributed by atoms with van der Waals surface area (Å²) in [6.45, 7) is 1.95. The summed E-state index contributed by atoms with van der Waals surface area (Å²) in [5.74, 6) is -0.451. The Morgan fingerprint density at radius 1 is 1.21 bits per heavy atom. The molecule has 28 heavy (non-hydrogen) atoms. The fourth-order valence-corrected chi connectivity index (χ4v) is 3.90. The van der Waals surface area contributed by atoms with Crippen molar-refractivity contribution in [3.8, 4) is 0 Å². The number of amides is 1. The Labute approximate surface area is 165 Å². The lowest BCUT2D eigenvalue weighted by Crippen LogP contribution is -2.25. The van der Waals surface area contributed by atoms with Crippen molar-refractivity contribution in [2.45, 2.75) is 25.8 Å². The van der Waals surface area contributed by atoms with E-state index in [1.54, 1.807) is 12.4 Å². The molecule has 4 rings (SSSR count). The Hall–Kier alpha value is -3.13. The Balaban J connectivity index is 1.49. The summed E-state index contributed by atoms with van der Waals surface area (Å²) < 4.78 is 15.2. The molecule has 0 saturated carbocycles. The number of nitrogens with one attached hydrogen (secondary N) is 1. The van der Waals surface area contributed by atoms with Crippen LogP contribution in [0.4, 0.5) is 9.52 Å². The molecule has 1 atom stereocenters. The lowest BCUT2D eigenvalue weighted by molar-refractivity contribution is -0.119. The van der Waals surface area contributed by atoms with Crippen LogP contribution in [0.5, 0.6) is 0 Å². The van der Waals surface area contributed by atoms with E-state index in [0.717, 1.165) is 16.6 Å². The molecule has 1 amide bonds. The zero-order valence-electron chi connectivity index (χ0n) is 15.2. The van der Waals surface area contributed by atoms with Gasteiger partial charge in [-0.15, -0.1) is 10.2 Å². The van der Waals surface area contributed by atoms with Gasteiger partial charge in [-0.25, -0.2) is 9.37 Å². The third-order valence-electron chi connectivity index (χ3n) is 4.45. The number of rotatable bonds is 6. The first-order chi connectivity index (χ1) is 13.6. The van der Waals surface area contributed by atoms with Gasteiger partial charge in [-0.1, -0.05) is 42.5 Å². The molecule has 0 aliphatic carbocycles. The van der Waals surface area contributed by atoms with Gasteiger partial charge >= 0.3 is 0 Å². The van der Waals surface area contributed by atoms with E-state index < -0.39 is 6.04 Å². The minimum absolute atomic E-state index is 0.167. The van der Waals surface area contributed by atoms with Gasteiger partial charge in [0.2, 0.25) is 11.0 Å². The molecule has 8 heteroatoms. The molecule has 142 valence electrons. The lowest BCUT2D eigenvalue weighted by atomic mass is 10.1. The molecule has 2 aromatic carbocycles. The number of fused-ring (bicyclic) bond motifs is 1. The second-order valence-corrected chi connectivity index (χ2v) is 7.42. The smallest absolute Gasteiger partial charge is 0.249 e. The van der Waals surface area contributed by atoms with Gasteiger partial charge in [0, 0.05) is 6.42 Å². The molecule has 1 N–H and O–H groups in total. The van der Waals surface area contributed by atoms with Crippen LogP contribution in [0, 0.1) is 5.82 Å². The summed E-state index contributed by atoms with van der Waals surface area (Å²) in [4.78, 5) is 17.2. The first-order valence-corrected chi connectivity index (χ1v) is 9.75. The Bertz CT molecular complexity index is 1120. The van der Waals surface area contributed by atoms with E-state index in [0.29, 0.717) is 23.0 Å². The number of halogens is 1. The molecule has 0 aliphatic rings. The second kappa shape index (κ2) is 7.85. The highest BCUT2D eigenvalue weighted by molar-refractivity contribution is 7.15. The molecule has 4 aromatic rings. The van der Waals surface area contributed by atoms with Crippen molar-refractivity contribution in [1.29, 1.82) is 0 Å². The monoisotopic (exact) mass is 395 g/mol. The van der Waals surface area contributed by atoms with Gasteiger partial charge < -0.3 is 4.57 Å². The Morgan fingerprint density at radius 2 is 2.07 bits per heavy atom. The standard InChI is InChI=1S/C20H18FN5OS/c1-2-16(26-12-22-15-8-3-4-9-17(15)26)19(27)23-20-25-24-18(28-20)11-13-6-5-7-14(21)10-13/h3-10,12,16H,2,11H2,1H3,(H,23,25,27)/t16-/m0/s1. The largest absolute Gasteiger partial charge is 0.318 e. The van der Waals surface area contributed by atoms with Crippen LogP contribution < -0.4 is 5.32 Å². The Morgan fingerprint density at radius 3 is 2.89 bits per heavy atom. The number of benzene rings is 2. The van der Waals surface area contributed by atoms with E-state index in [4.69, 9.17) is 0 Å². The molecular weight excluding hydrogens is 377 g/mol. The fourth-order valence-electron chi connectivity index (χ4n) is 3.12. The highest BCUT2D eigenvalue weighted by Gasteiger charge is 2.21. The van der Waals surface area contributed by atoms with Crippen LogP contribution in [-0.4, -0.2) is 25.7 Å². The Kier molecular flexibility index (Phi) is 5.12. The molecule has 0 saturated heterocycles. The van der Waals surface area contributed by atoms with Crippen LogP contribution >= 0.6 is 11.3 Å². The molecule has 2 heterocycles. The van der Waals surface area contributed by atoms with Gasteiger partial charge in [0.25, 0.3) is 0 Å². The van der Waals surface area contributed by atoms with Crippen LogP contribution in [0.1, 0.15) is 30.0 Å². The van der Waals surface area contributed by atoms with Crippen molar-refractivity contribution < 1.29 is 9.18 Å². The summed E-state index contributed by atoms with van der Waals surface area (Å²) in [7, 11) is 0. The number of carbonyl (C=O) groups is 1. The van der Waals surface area contributed by atoms with E-state index in [1.807, 2.05) is 41.8 Å². The molecular formula is C20H18FN5OS. The molecule has 0 fully saturated rings. The molecule has 0 radical (unpaired) electrons. The van der Waals surface area contributed by atoms with E-state index in [2.05, 4.69) is 20.5 Å². The van der Waals surface area contributed by atoms with E-state index in [1.165, 1.54) is 23.5 Å². The number of nitrogens with zero attached hydrogens (tertiary/aromatic N) is 4. The van der Waals surface area contributed by atoms with Crippen molar-refractivity contribution in [1.82, 2.24) is 19.7 Å². The van der Waals surface area contributed by atoms with Gasteiger partial charge in [0.05, 0.1) is 17.4 Å². The summed E-state index contributed by atoms with van der Waals surface area (Å²) in [5.41, 5.74) is 2.57. The summed E-state index contributed by atoms with van der Waals surface area (Å²) >= 11 is 1.29. The highest BCUT2D eigenvalue weighted by atomic mass is 32.1. The average molecular weight is 395 g/mol. The average Bonchev–Trinajstić information content (AvgIpc) is 3.30. The quantitative estimate of drug-likeness (QED) is 0.531. The van der Waals surface area contributed by atoms with Crippen LogP contribution in [-0.2, 0) is 11.2 Å². The molecule has 6 nitrogen and oxygen atoms in total. The first kappa shape index (κ1) is 18.2. The van der Waals surface area contributed by atoms with Crippen molar-refractivity contribution in [3.63, 3.8) is 0 Å². The number of aromatic nitrogens is 4. The van der Waals surface area contributed by atoms with Crippen LogP contribution in [0.3, 0.4) is 0 Å². The third kappa shape index (κ3) is 3.77. The fraction of sp³-hybridized carbons (Fsp3) is 0.200. The zero-order chi connectivity index (χ0) is 19.5. The minimum atomic E-state index is -0.400. The molecule has 0 aliphatic heterocycles. The van der Waals surface area contributed by atoms with Gasteiger partial charge in [-0.2, -0.15) is 0 Å². The molecule has 2 aromatic heterocycles. The predicted molar refractivity (Wildman–Crippen MR) is 107 cm³/mol. The first-order valence-electron chi connectivity index (χ1n) is 8.93. The van der Waals surface area contributed by atoms with Gasteiger partial charge in [0.15, 0.2) is 0 Å². The normalized spacial score (nSPS) is 12.2. The summed E-state index contributed by atoms with van der Waals surface area (Å²) in [6, 6.07) is 13.7. The minimum Gasteiger partial charge on any atom is -0.318 e. The van der Waals surface area contributed by atoms with Crippen molar-refractivity contribution >= 4 is 33.4 Å². The number of para-hydroxylation sites is 2. The van der Waals surface area contributed by atoms with E-state index >= 15 is 0 Å². The highest BCUT2D eigenvalue weighted by Crippen LogP contribution is 2.24. The molecule has 0 spiro atoms. The maximum absolute atomic E-state index is 13.3. The number of anilines is 1.